The van der Waals surface area contributed by atoms with Crippen LogP contribution >= 0.6 is 0 Å². The molecule has 1 N–H and O–H groups in total. The Bertz CT molecular complexity index is 1210. The number of carbonyl (C=O) groups is 2. The van der Waals surface area contributed by atoms with Crippen LogP contribution in [0.15, 0.2) is 48.5 Å². The summed E-state index contributed by atoms with van der Waals surface area (Å²) in [7, 11) is -2.21. The zero-order chi connectivity index (χ0) is 28.6. The number of carbonyl (C=O) groups excluding carboxylic acids is 2. The molecule has 0 spiro atoms. The van der Waals surface area contributed by atoms with E-state index in [4.69, 9.17) is 4.74 Å². The Hall–Kier alpha value is -3.07. The number of hydrogen-bond acceptors (Lipinski definition) is 5. The zero-order valence-corrected chi connectivity index (χ0v) is 24.7. The molecule has 1 saturated carbocycles. The van der Waals surface area contributed by atoms with Gasteiger partial charge in [-0.2, -0.15) is 0 Å². The third-order valence-corrected chi connectivity index (χ3v) is 8.48. The Balaban J connectivity index is 1.95. The van der Waals surface area contributed by atoms with E-state index >= 15 is 0 Å². The molecule has 214 valence electrons. The van der Waals surface area contributed by atoms with Crippen molar-refractivity contribution in [2.75, 3.05) is 24.2 Å². The van der Waals surface area contributed by atoms with E-state index < -0.39 is 28.5 Å². The van der Waals surface area contributed by atoms with Crippen molar-refractivity contribution in [3.05, 3.63) is 59.7 Å². The van der Waals surface area contributed by atoms with Gasteiger partial charge in [0.05, 0.1) is 19.1 Å². The fourth-order valence-corrected chi connectivity index (χ4v) is 6.06. The molecule has 0 radical (unpaired) electrons. The van der Waals surface area contributed by atoms with Crippen molar-refractivity contribution in [1.82, 2.24) is 10.2 Å². The number of ether oxygens (including phenoxy) is 1. The highest BCUT2D eigenvalue weighted by Gasteiger charge is 2.33. The quantitative estimate of drug-likeness (QED) is 0.403. The van der Waals surface area contributed by atoms with Gasteiger partial charge < -0.3 is 15.0 Å². The van der Waals surface area contributed by atoms with Crippen LogP contribution in [0.2, 0.25) is 0 Å². The predicted molar refractivity (Wildman–Crippen MR) is 155 cm³/mol. The first-order valence-electron chi connectivity index (χ1n) is 13.8. The number of rotatable bonds is 12. The average Bonchev–Trinajstić information content (AvgIpc) is 2.91. The smallest absolute Gasteiger partial charge is 0.244 e. The minimum Gasteiger partial charge on any atom is -0.497 e. The van der Waals surface area contributed by atoms with Crippen molar-refractivity contribution in [3.63, 3.8) is 0 Å². The van der Waals surface area contributed by atoms with E-state index in [1.807, 2.05) is 57.2 Å². The Kier molecular flexibility index (Phi) is 10.8. The number of methoxy groups -OCH3 is 1. The molecule has 2 aromatic carbocycles. The van der Waals surface area contributed by atoms with Crippen LogP contribution in [0.4, 0.5) is 5.69 Å². The van der Waals surface area contributed by atoms with Gasteiger partial charge >= 0.3 is 0 Å². The molecular formula is C30H43N3O5S. The van der Waals surface area contributed by atoms with Gasteiger partial charge in [0.2, 0.25) is 21.8 Å². The molecule has 9 heteroatoms. The molecule has 1 fully saturated rings. The summed E-state index contributed by atoms with van der Waals surface area (Å²) in [5.41, 5.74) is 2.13. The summed E-state index contributed by atoms with van der Waals surface area (Å²) in [6.07, 6.45) is 6.71. The third-order valence-electron chi connectivity index (χ3n) is 7.36. The molecule has 2 aromatic rings. The van der Waals surface area contributed by atoms with Crippen LogP contribution in [-0.4, -0.2) is 57.1 Å². The number of hydrogen-bond donors (Lipinski definition) is 1. The van der Waals surface area contributed by atoms with Crippen LogP contribution in [0.5, 0.6) is 5.75 Å². The van der Waals surface area contributed by atoms with Gasteiger partial charge in [-0.1, -0.05) is 70.4 Å². The second kappa shape index (κ2) is 13.8. The minimum absolute atomic E-state index is 0.0561. The maximum atomic E-state index is 14.0. The Morgan fingerprint density at radius 2 is 1.67 bits per heavy atom. The van der Waals surface area contributed by atoms with Crippen molar-refractivity contribution in [1.29, 1.82) is 0 Å². The highest BCUT2D eigenvalue weighted by Crippen LogP contribution is 2.29. The highest BCUT2D eigenvalue weighted by atomic mass is 32.2. The molecule has 1 aliphatic rings. The molecule has 0 saturated heterocycles. The standard InChI is InChI=1S/C30H43N3O5S/c1-6-27(30(35)31-24-12-8-7-9-13-24)32(20-23-16-18-25(38-4)19-17-23)29(34)21-33(39(5,36)37)28-15-11-10-14-26(28)22(2)3/h10-11,14-19,22,24,27H,6-9,12-13,20-21H2,1-5H3,(H,31,35)/t27-/m1/s1. The molecule has 3 rings (SSSR count). The largest absolute Gasteiger partial charge is 0.497 e. The second-order valence-corrected chi connectivity index (χ2v) is 12.5. The fraction of sp³-hybridized carbons (Fsp3) is 0.533. The predicted octanol–water partition coefficient (Wildman–Crippen LogP) is 4.84. The summed E-state index contributed by atoms with van der Waals surface area (Å²) in [4.78, 5) is 29.0. The monoisotopic (exact) mass is 557 g/mol. The summed E-state index contributed by atoms with van der Waals surface area (Å²) in [5.74, 6) is 0.119. The number of anilines is 1. The van der Waals surface area contributed by atoms with E-state index in [1.54, 1.807) is 19.2 Å². The van der Waals surface area contributed by atoms with Crippen molar-refractivity contribution in [3.8, 4) is 5.75 Å². The number of amides is 2. The average molecular weight is 558 g/mol. The Morgan fingerprint density at radius 3 is 2.23 bits per heavy atom. The number of nitrogens with one attached hydrogen (secondary N) is 1. The van der Waals surface area contributed by atoms with E-state index in [9.17, 15) is 18.0 Å². The molecule has 0 unspecified atom stereocenters. The highest BCUT2D eigenvalue weighted by molar-refractivity contribution is 7.92. The Morgan fingerprint density at radius 1 is 1.03 bits per heavy atom. The fourth-order valence-electron chi connectivity index (χ4n) is 5.19. The van der Waals surface area contributed by atoms with Crippen LogP contribution in [-0.2, 0) is 26.2 Å². The second-order valence-electron chi connectivity index (χ2n) is 10.6. The maximum Gasteiger partial charge on any atom is 0.244 e. The van der Waals surface area contributed by atoms with E-state index in [0.717, 1.165) is 47.4 Å². The maximum absolute atomic E-state index is 14.0. The normalized spacial score (nSPS) is 15.0. The van der Waals surface area contributed by atoms with Gasteiger partial charge in [-0.3, -0.25) is 13.9 Å². The van der Waals surface area contributed by atoms with E-state index in [1.165, 1.54) is 11.3 Å². The minimum atomic E-state index is -3.79. The van der Waals surface area contributed by atoms with Gasteiger partial charge in [0.25, 0.3) is 0 Å². The van der Waals surface area contributed by atoms with Crippen molar-refractivity contribution in [2.45, 2.75) is 83.8 Å². The molecule has 1 aliphatic carbocycles. The van der Waals surface area contributed by atoms with Crippen molar-refractivity contribution >= 4 is 27.5 Å². The summed E-state index contributed by atoms with van der Waals surface area (Å²) < 4.78 is 32.4. The van der Waals surface area contributed by atoms with Gasteiger partial charge in [-0.05, 0) is 54.5 Å². The van der Waals surface area contributed by atoms with Crippen LogP contribution in [0.1, 0.15) is 76.3 Å². The van der Waals surface area contributed by atoms with E-state index in [0.29, 0.717) is 17.9 Å². The lowest BCUT2D eigenvalue weighted by atomic mass is 9.95. The summed E-state index contributed by atoms with van der Waals surface area (Å²) in [6, 6.07) is 13.9. The number of sulfonamides is 1. The summed E-state index contributed by atoms with van der Waals surface area (Å²) in [6.45, 7) is 5.62. The first-order chi connectivity index (χ1) is 18.5. The van der Waals surface area contributed by atoms with Crippen LogP contribution in [0, 0.1) is 0 Å². The zero-order valence-electron chi connectivity index (χ0n) is 23.9. The SMILES string of the molecule is CC[C@H](C(=O)NC1CCCCC1)N(Cc1ccc(OC)cc1)C(=O)CN(c1ccccc1C(C)C)S(C)(=O)=O. The molecular weight excluding hydrogens is 514 g/mol. The van der Waals surface area contributed by atoms with E-state index in [-0.39, 0.29) is 24.4 Å². The topological polar surface area (TPSA) is 96.0 Å². The lowest BCUT2D eigenvalue weighted by Crippen LogP contribution is -2.54. The van der Waals surface area contributed by atoms with Gasteiger partial charge in [0, 0.05) is 12.6 Å². The van der Waals surface area contributed by atoms with Gasteiger partial charge in [-0.25, -0.2) is 8.42 Å². The van der Waals surface area contributed by atoms with E-state index in [2.05, 4.69) is 5.32 Å². The lowest BCUT2D eigenvalue weighted by molar-refractivity contribution is -0.140. The molecule has 0 bridgehead atoms. The number of benzene rings is 2. The van der Waals surface area contributed by atoms with Crippen LogP contribution < -0.4 is 14.4 Å². The molecule has 39 heavy (non-hydrogen) atoms. The molecule has 1 atom stereocenters. The van der Waals surface area contributed by atoms with Gasteiger partial charge in [0.15, 0.2) is 0 Å². The lowest BCUT2D eigenvalue weighted by Gasteiger charge is -2.34. The number of para-hydroxylation sites is 1. The first-order valence-corrected chi connectivity index (χ1v) is 15.7. The Labute approximate surface area is 233 Å². The molecule has 8 nitrogen and oxygen atoms in total. The summed E-state index contributed by atoms with van der Waals surface area (Å²) in [5, 5.41) is 3.16. The third kappa shape index (κ3) is 8.21. The first kappa shape index (κ1) is 30.5. The molecule has 0 aliphatic heterocycles. The van der Waals surface area contributed by atoms with Crippen LogP contribution in [0.3, 0.4) is 0 Å². The molecule has 0 heterocycles. The van der Waals surface area contributed by atoms with Crippen molar-refractivity contribution < 1.29 is 22.7 Å². The summed E-state index contributed by atoms with van der Waals surface area (Å²) >= 11 is 0. The molecule has 0 aromatic heterocycles. The molecule has 2 amide bonds. The van der Waals surface area contributed by atoms with Gasteiger partial charge in [0.1, 0.15) is 18.3 Å². The number of nitrogens with zero attached hydrogens (tertiary/aromatic N) is 2. The van der Waals surface area contributed by atoms with Crippen LogP contribution in [0.25, 0.3) is 0 Å². The van der Waals surface area contributed by atoms with Gasteiger partial charge in [-0.15, -0.1) is 0 Å². The van der Waals surface area contributed by atoms with Crippen molar-refractivity contribution in [2.24, 2.45) is 0 Å².